The number of hydrogen-bond acceptors (Lipinski definition) is 3. The maximum atomic E-state index is 12.9. The molecule has 0 aliphatic rings. The Kier molecular flexibility index (Phi) is 3.75. The van der Waals surface area contributed by atoms with E-state index in [4.69, 9.17) is 5.26 Å². The van der Waals surface area contributed by atoms with E-state index in [1.807, 2.05) is 6.07 Å². The highest BCUT2D eigenvalue weighted by Gasteiger charge is 2.11. The lowest BCUT2D eigenvalue weighted by atomic mass is 10.2. The van der Waals surface area contributed by atoms with Crippen LogP contribution in [0.2, 0.25) is 0 Å². The van der Waals surface area contributed by atoms with Gasteiger partial charge in [0, 0.05) is 0 Å². The number of carbonyl (C=O) groups is 1. The zero-order chi connectivity index (χ0) is 13.1. The molecule has 0 bridgehead atoms. The number of nitriles is 1. The average molecular weight is 325 g/mol. The highest BCUT2D eigenvalue weighted by molar-refractivity contribution is 9.11. The molecule has 0 saturated carbocycles. The van der Waals surface area contributed by atoms with E-state index in [1.165, 1.54) is 23.5 Å². The first kappa shape index (κ1) is 12.7. The SMILES string of the molecule is N#Cc1cc(F)ccc1NC(=O)c1ccc(Br)s1. The summed E-state index contributed by atoms with van der Waals surface area (Å²) in [6.07, 6.45) is 0. The van der Waals surface area contributed by atoms with Crippen molar-refractivity contribution >= 4 is 38.9 Å². The molecule has 0 saturated heterocycles. The summed E-state index contributed by atoms with van der Waals surface area (Å²) in [5.74, 6) is -0.836. The normalized spacial score (nSPS) is 9.83. The molecule has 0 atom stereocenters. The van der Waals surface area contributed by atoms with Crippen molar-refractivity contribution in [1.82, 2.24) is 0 Å². The molecule has 18 heavy (non-hydrogen) atoms. The van der Waals surface area contributed by atoms with Gasteiger partial charge in [0.25, 0.3) is 5.91 Å². The lowest BCUT2D eigenvalue weighted by Gasteiger charge is -2.05. The summed E-state index contributed by atoms with van der Waals surface area (Å²) in [6.45, 7) is 0. The van der Waals surface area contributed by atoms with Crippen molar-refractivity contribution in [2.45, 2.75) is 0 Å². The second kappa shape index (κ2) is 5.29. The van der Waals surface area contributed by atoms with Crippen LogP contribution in [0.3, 0.4) is 0 Å². The molecule has 0 spiro atoms. The van der Waals surface area contributed by atoms with Gasteiger partial charge in [-0.25, -0.2) is 4.39 Å². The minimum absolute atomic E-state index is 0.0963. The molecule has 0 aliphatic heterocycles. The van der Waals surface area contributed by atoms with E-state index in [-0.39, 0.29) is 11.5 Å². The van der Waals surface area contributed by atoms with Crippen LogP contribution in [0.15, 0.2) is 34.1 Å². The van der Waals surface area contributed by atoms with Gasteiger partial charge in [0.05, 0.1) is 19.9 Å². The Morgan fingerprint density at radius 3 is 2.78 bits per heavy atom. The lowest BCUT2D eigenvalue weighted by molar-refractivity contribution is 0.103. The largest absolute Gasteiger partial charge is 0.320 e. The van der Waals surface area contributed by atoms with Crippen LogP contribution in [-0.2, 0) is 0 Å². The summed E-state index contributed by atoms with van der Waals surface area (Å²) in [5, 5.41) is 11.4. The van der Waals surface area contributed by atoms with Crippen molar-refractivity contribution in [3.63, 3.8) is 0 Å². The Hall–Kier alpha value is -1.71. The third-order valence-electron chi connectivity index (χ3n) is 2.15. The maximum Gasteiger partial charge on any atom is 0.265 e. The molecule has 3 nitrogen and oxygen atoms in total. The molecule has 2 aromatic rings. The Labute approximate surface area is 115 Å². The van der Waals surface area contributed by atoms with Crippen LogP contribution in [0.4, 0.5) is 10.1 Å². The second-order valence-corrected chi connectivity index (χ2v) is 5.82. The van der Waals surface area contributed by atoms with Crippen LogP contribution < -0.4 is 5.32 Å². The van der Waals surface area contributed by atoms with Crippen LogP contribution in [0.1, 0.15) is 15.2 Å². The lowest BCUT2D eigenvalue weighted by Crippen LogP contribution is -2.11. The van der Waals surface area contributed by atoms with E-state index in [1.54, 1.807) is 12.1 Å². The summed E-state index contributed by atoms with van der Waals surface area (Å²) in [6, 6.07) is 8.91. The Morgan fingerprint density at radius 1 is 1.39 bits per heavy atom. The van der Waals surface area contributed by atoms with Gasteiger partial charge in [0.15, 0.2) is 0 Å². The zero-order valence-corrected chi connectivity index (χ0v) is 11.3. The van der Waals surface area contributed by atoms with Gasteiger partial charge in [-0.15, -0.1) is 11.3 Å². The topological polar surface area (TPSA) is 52.9 Å². The minimum Gasteiger partial charge on any atom is -0.320 e. The zero-order valence-electron chi connectivity index (χ0n) is 8.91. The third-order valence-corrected chi connectivity index (χ3v) is 3.77. The van der Waals surface area contributed by atoms with Gasteiger partial charge in [-0.3, -0.25) is 4.79 Å². The van der Waals surface area contributed by atoms with Crippen molar-refractivity contribution in [3.8, 4) is 6.07 Å². The van der Waals surface area contributed by atoms with Crippen LogP contribution in [0.25, 0.3) is 0 Å². The number of nitrogens with zero attached hydrogens (tertiary/aromatic N) is 1. The molecule has 1 aromatic heterocycles. The van der Waals surface area contributed by atoms with E-state index >= 15 is 0 Å². The fraction of sp³-hybridized carbons (Fsp3) is 0. The molecular weight excluding hydrogens is 319 g/mol. The summed E-state index contributed by atoms with van der Waals surface area (Å²) < 4.78 is 13.8. The van der Waals surface area contributed by atoms with Gasteiger partial charge < -0.3 is 5.32 Å². The first-order valence-corrected chi connectivity index (χ1v) is 6.47. The molecule has 1 amide bonds. The number of thiophene rings is 1. The summed E-state index contributed by atoms with van der Waals surface area (Å²) in [7, 11) is 0. The molecule has 1 heterocycles. The number of nitrogens with one attached hydrogen (secondary N) is 1. The van der Waals surface area contributed by atoms with Gasteiger partial charge in [0.1, 0.15) is 11.9 Å². The monoisotopic (exact) mass is 324 g/mol. The molecule has 90 valence electrons. The van der Waals surface area contributed by atoms with Crippen LogP contribution in [0, 0.1) is 17.1 Å². The molecule has 0 fully saturated rings. The quantitative estimate of drug-likeness (QED) is 0.914. The molecule has 6 heteroatoms. The Morgan fingerprint density at radius 2 is 2.17 bits per heavy atom. The van der Waals surface area contributed by atoms with Crippen LogP contribution in [-0.4, -0.2) is 5.91 Å². The molecule has 0 radical (unpaired) electrons. The Bertz CT molecular complexity index is 648. The van der Waals surface area contributed by atoms with Gasteiger partial charge in [-0.2, -0.15) is 5.26 Å². The number of anilines is 1. The van der Waals surface area contributed by atoms with E-state index < -0.39 is 5.82 Å². The van der Waals surface area contributed by atoms with E-state index in [2.05, 4.69) is 21.2 Å². The van der Waals surface area contributed by atoms with Crippen LogP contribution in [0.5, 0.6) is 0 Å². The van der Waals surface area contributed by atoms with E-state index in [9.17, 15) is 9.18 Å². The van der Waals surface area contributed by atoms with E-state index in [0.717, 1.165) is 9.85 Å². The fourth-order valence-corrected chi connectivity index (χ4v) is 2.62. The van der Waals surface area contributed by atoms with Crippen molar-refractivity contribution < 1.29 is 9.18 Å². The van der Waals surface area contributed by atoms with E-state index in [0.29, 0.717) is 10.6 Å². The molecule has 0 unspecified atom stereocenters. The number of benzene rings is 1. The molecule has 0 aliphatic carbocycles. The predicted molar refractivity (Wildman–Crippen MR) is 71.1 cm³/mol. The number of amides is 1. The smallest absolute Gasteiger partial charge is 0.265 e. The molecular formula is C12H6BrFN2OS. The number of halogens is 2. The number of rotatable bonds is 2. The van der Waals surface area contributed by atoms with Gasteiger partial charge in [-0.05, 0) is 46.3 Å². The van der Waals surface area contributed by atoms with Crippen molar-refractivity contribution in [3.05, 3.63) is 50.4 Å². The summed E-state index contributed by atoms with van der Waals surface area (Å²) in [4.78, 5) is 12.4. The minimum atomic E-state index is -0.511. The van der Waals surface area contributed by atoms with Gasteiger partial charge >= 0.3 is 0 Å². The second-order valence-electron chi connectivity index (χ2n) is 3.36. The third kappa shape index (κ3) is 2.75. The first-order valence-electron chi connectivity index (χ1n) is 4.86. The van der Waals surface area contributed by atoms with Gasteiger partial charge in [-0.1, -0.05) is 0 Å². The van der Waals surface area contributed by atoms with Crippen LogP contribution >= 0.6 is 27.3 Å². The van der Waals surface area contributed by atoms with Crippen molar-refractivity contribution in [2.24, 2.45) is 0 Å². The molecule has 1 N–H and O–H groups in total. The standard InChI is InChI=1S/C12H6BrFN2OS/c13-11-4-3-10(18-11)12(17)16-9-2-1-8(14)5-7(9)6-15/h1-5H,(H,16,17). The number of hydrogen-bond donors (Lipinski definition) is 1. The summed E-state index contributed by atoms with van der Waals surface area (Å²) in [5.41, 5.74) is 0.396. The van der Waals surface area contributed by atoms with Crippen molar-refractivity contribution in [2.75, 3.05) is 5.32 Å². The average Bonchev–Trinajstić information content (AvgIpc) is 2.78. The Balaban J connectivity index is 2.25. The number of carbonyl (C=O) groups excluding carboxylic acids is 1. The highest BCUT2D eigenvalue weighted by atomic mass is 79.9. The molecule has 2 rings (SSSR count). The predicted octanol–water partition coefficient (Wildman–Crippen LogP) is 3.77. The molecule has 1 aromatic carbocycles. The maximum absolute atomic E-state index is 12.9. The first-order chi connectivity index (χ1) is 8.60. The van der Waals surface area contributed by atoms with Crippen molar-refractivity contribution in [1.29, 1.82) is 5.26 Å². The fourth-order valence-electron chi connectivity index (χ4n) is 1.34. The van der Waals surface area contributed by atoms with Gasteiger partial charge in [0.2, 0.25) is 0 Å². The highest BCUT2D eigenvalue weighted by Crippen LogP contribution is 2.24. The summed E-state index contributed by atoms with van der Waals surface area (Å²) >= 11 is 4.54.